The van der Waals surface area contributed by atoms with E-state index in [0.717, 1.165) is 5.39 Å². The largest absolute Gasteiger partial charge is 0.322 e. The van der Waals surface area contributed by atoms with E-state index in [9.17, 15) is 9.59 Å². The number of hydrogen-bond donors (Lipinski definition) is 1. The van der Waals surface area contributed by atoms with E-state index < -0.39 is 5.41 Å². The van der Waals surface area contributed by atoms with Crippen LogP contribution in [0.15, 0.2) is 77.1 Å². The molecule has 152 valence electrons. The summed E-state index contributed by atoms with van der Waals surface area (Å²) in [6.07, 6.45) is 1.63. The van der Waals surface area contributed by atoms with Crippen LogP contribution in [-0.4, -0.2) is 16.7 Å². The number of azo groups is 1. The first-order valence-electron chi connectivity index (χ1n) is 9.58. The number of amides is 1. The van der Waals surface area contributed by atoms with Crippen LogP contribution in [0.1, 0.15) is 38.1 Å². The van der Waals surface area contributed by atoms with Crippen molar-refractivity contribution in [3.8, 4) is 0 Å². The number of aromatic nitrogens is 1. The Morgan fingerprint density at radius 2 is 1.73 bits per heavy atom. The van der Waals surface area contributed by atoms with Gasteiger partial charge in [-0.15, -0.1) is 10.2 Å². The summed E-state index contributed by atoms with van der Waals surface area (Å²) in [5.41, 5.74) is 1.35. The smallest absolute Gasteiger partial charge is 0.250 e. The van der Waals surface area contributed by atoms with Crippen molar-refractivity contribution >= 4 is 39.7 Å². The van der Waals surface area contributed by atoms with E-state index in [4.69, 9.17) is 0 Å². The predicted molar refractivity (Wildman–Crippen MR) is 120 cm³/mol. The summed E-state index contributed by atoms with van der Waals surface area (Å²) in [4.78, 5) is 29.4. The lowest BCUT2D eigenvalue weighted by atomic mass is 9.85. The molecule has 6 heteroatoms. The minimum atomic E-state index is -0.589. The average Bonchev–Trinajstić information content (AvgIpc) is 2.71. The van der Waals surface area contributed by atoms with E-state index in [-0.39, 0.29) is 11.7 Å². The molecule has 1 N–H and O–H groups in total. The highest BCUT2D eigenvalue weighted by atomic mass is 16.1. The first-order valence-corrected chi connectivity index (χ1v) is 9.58. The van der Waals surface area contributed by atoms with Gasteiger partial charge in [-0.05, 0) is 31.2 Å². The molecule has 30 heavy (non-hydrogen) atoms. The molecule has 0 saturated carbocycles. The van der Waals surface area contributed by atoms with Crippen LogP contribution < -0.4 is 5.32 Å². The number of fused-ring (bicyclic) bond motifs is 1. The Morgan fingerprint density at radius 3 is 2.37 bits per heavy atom. The number of carbonyl (C=O) groups excluding carboxylic acids is 2. The summed E-state index contributed by atoms with van der Waals surface area (Å²) >= 11 is 0. The average molecular weight is 400 g/mol. The lowest BCUT2D eigenvalue weighted by Crippen LogP contribution is -2.20. The standard InChI is InChI=1S/C24H24N4O2/c1-15(2)23(30)26-19-10-8-9-17-16(19)12-13-18(22(29)24(3,4)5)21(17)28-27-20-11-6-7-14-25-20/h6-14H,1H2,2-5H3,(H,26,30). The van der Waals surface area contributed by atoms with Crippen LogP contribution in [0.3, 0.4) is 0 Å². The zero-order valence-electron chi connectivity index (χ0n) is 17.6. The van der Waals surface area contributed by atoms with Gasteiger partial charge in [-0.25, -0.2) is 4.98 Å². The normalized spacial score (nSPS) is 11.6. The number of nitrogens with one attached hydrogen (secondary N) is 1. The van der Waals surface area contributed by atoms with E-state index in [1.54, 1.807) is 37.4 Å². The Balaban J connectivity index is 2.21. The van der Waals surface area contributed by atoms with Gasteiger partial charge < -0.3 is 5.32 Å². The number of pyridine rings is 1. The Bertz CT molecular complexity index is 1160. The molecule has 6 nitrogen and oxygen atoms in total. The monoisotopic (exact) mass is 400 g/mol. The Morgan fingerprint density at radius 1 is 0.967 bits per heavy atom. The number of hydrogen-bond acceptors (Lipinski definition) is 5. The summed E-state index contributed by atoms with van der Waals surface area (Å²) in [5.74, 6) is 0.125. The number of Topliss-reactive ketones (excluding diaryl/α,β-unsaturated/α-hetero) is 1. The Labute approximate surface area is 175 Å². The molecule has 2 aromatic carbocycles. The minimum Gasteiger partial charge on any atom is -0.322 e. The van der Waals surface area contributed by atoms with Crippen LogP contribution in [-0.2, 0) is 4.79 Å². The highest BCUT2D eigenvalue weighted by Gasteiger charge is 2.26. The van der Waals surface area contributed by atoms with Crippen LogP contribution in [0.25, 0.3) is 10.8 Å². The fourth-order valence-electron chi connectivity index (χ4n) is 2.89. The van der Waals surface area contributed by atoms with Gasteiger partial charge in [0, 0.05) is 39.2 Å². The molecule has 0 radical (unpaired) electrons. The van der Waals surface area contributed by atoms with E-state index in [1.807, 2.05) is 45.0 Å². The molecular weight excluding hydrogens is 376 g/mol. The third-order valence-corrected chi connectivity index (χ3v) is 4.50. The SMILES string of the molecule is C=C(C)C(=O)Nc1cccc2c(N=Nc3ccccn3)c(C(=O)C(C)(C)C)ccc12. The van der Waals surface area contributed by atoms with Crippen LogP contribution in [0.2, 0.25) is 0 Å². The Kier molecular flexibility index (Phi) is 5.87. The second-order valence-electron chi connectivity index (χ2n) is 8.06. The molecule has 0 atom stereocenters. The van der Waals surface area contributed by atoms with Gasteiger partial charge in [0.1, 0.15) is 5.69 Å². The molecule has 1 heterocycles. The quantitative estimate of drug-likeness (QED) is 0.306. The molecule has 0 aliphatic carbocycles. The zero-order chi connectivity index (χ0) is 21.9. The van der Waals surface area contributed by atoms with Gasteiger partial charge >= 0.3 is 0 Å². The maximum atomic E-state index is 13.1. The van der Waals surface area contributed by atoms with E-state index in [2.05, 4.69) is 27.1 Å². The molecule has 1 amide bonds. The first-order chi connectivity index (χ1) is 14.2. The minimum absolute atomic E-state index is 0.0456. The third-order valence-electron chi connectivity index (χ3n) is 4.50. The number of rotatable bonds is 5. The summed E-state index contributed by atoms with van der Waals surface area (Å²) in [6.45, 7) is 10.9. The van der Waals surface area contributed by atoms with Crippen molar-refractivity contribution in [3.05, 3.63) is 72.4 Å². The van der Waals surface area contributed by atoms with Crippen molar-refractivity contribution in [2.45, 2.75) is 27.7 Å². The second kappa shape index (κ2) is 8.37. The summed E-state index contributed by atoms with van der Waals surface area (Å²) in [7, 11) is 0. The molecule has 1 aromatic heterocycles. The predicted octanol–water partition coefficient (Wildman–Crippen LogP) is 6.39. The van der Waals surface area contributed by atoms with Gasteiger partial charge in [0.25, 0.3) is 5.91 Å². The number of benzene rings is 2. The van der Waals surface area contributed by atoms with Crippen LogP contribution >= 0.6 is 0 Å². The van der Waals surface area contributed by atoms with Crippen molar-refractivity contribution in [2.24, 2.45) is 15.6 Å². The van der Waals surface area contributed by atoms with Crippen molar-refractivity contribution in [1.29, 1.82) is 0 Å². The van der Waals surface area contributed by atoms with Gasteiger partial charge in [0.15, 0.2) is 11.6 Å². The molecule has 3 rings (SSSR count). The maximum Gasteiger partial charge on any atom is 0.250 e. The molecule has 0 bridgehead atoms. The van der Waals surface area contributed by atoms with Gasteiger partial charge in [0.05, 0.1) is 0 Å². The molecule has 3 aromatic rings. The highest BCUT2D eigenvalue weighted by molar-refractivity contribution is 6.14. The number of ketones is 1. The molecular formula is C24H24N4O2. The number of anilines is 1. The lowest BCUT2D eigenvalue weighted by Gasteiger charge is -2.19. The maximum absolute atomic E-state index is 13.1. The fourth-order valence-corrected chi connectivity index (χ4v) is 2.89. The number of nitrogens with zero attached hydrogens (tertiary/aromatic N) is 3. The van der Waals surface area contributed by atoms with Crippen LogP contribution in [0.4, 0.5) is 17.2 Å². The van der Waals surface area contributed by atoms with E-state index in [0.29, 0.717) is 33.7 Å². The van der Waals surface area contributed by atoms with Crippen LogP contribution in [0, 0.1) is 5.41 Å². The van der Waals surface area contributed by atoms with Crippen molar-refractivity contribution in [3.63, 3.8) is 0 Å². The molecule has 0 spiro atoms. The van der Waals surface area contributed by atoms with Gasteiger partial charge in [-0.3, -0.25) is 9.59 Å². The molecule has 0 unspecified atom stereocenters. The third kappa shape index (κ3) is 4.49. The number of carbonyl (C=O) groups is 2. The topological polar surface area (TPSA) is 83.8 Å². The molecule has 0 aliphatic rings. The van der Waals surface area contributed by atoms with E-state index in [1.165, 1.54) is 0 Å². The van der Waals surface area contributed by atoms with Crippen molar-refractivity contribution < 1.29 is 9.59 Å². The fraction of sp³-hybridized carbons (Fsp3) is 0.208. The summed E-state index contributed by atoms with van der Waals surface area (Å²) in [5, 5.41) is 13.0. The zero-order valence-corrected chi connectivity index (χ0v) is 17.6. The van der Waals surface area contributed by atoms with Crippen molar-refractivity contribution in [2.75, 3.05) is 5.32 Å². The molecule has 0 aliphatic heterocycles. The molecule has 0 saturated heterocycles. The van der Waals surface area contributed by atoms with E-state index >= 15 is 0 Å². The van der Waals surface area contributed by atoms with Gasteiger partial charge in [-0.2, -0.15) is 0 Å². The highest BCUT2D eigenvalue weighted by Crippen LogP contribution is 2.37. The second-order valence-corrected chi connectivity index (χ2v) is 8.06. The Hall–Kier alpha value is -3.67. The molecule has 0 fully saturated rings. The first kappa shape index (κ1) is 21.0. The van der Waals surface area contributed by atoms with Crippen molar-refractivity contribution in [1.82, 2.24) is 4.98 Å². The lowest BCUT2D eigenvalue weighted by molar-refractivity contribution is -0.112. The summed E-state index contributed by atoms with van der Waals surface area (Å²) in [6, 6.07) is 14.4. The summed E-state index contributed by atoms with van der Waals surface area (Å²) < 4.78 is 0. The van der Waals surface area contributed by atoms with Gasteiger partial charge in [0.2, 0.25) is 0 Å². The van der Waals surface area contributed by atoms with Crippen LogP contribution in [0.5, 0.6) is 0 Å². The van der Waals surface area contributed by atoms with Gasteiger partial charge in [-0.1, -0.05) is 51.6 Å².